The Morgan fingerprint density at radius 1 is 1.16 bits per heavy atom. The van der Waals surface area contributed by atoms with E-state index in [2.05, 4.69) is 0 Å². The van der Waals surface area contributed by atoms with E-state index in [1.54, 1.807) is 11.0 Å². The molecule has 1 aliphatic heterocycles. The van der Waals surface area contributed by atoms with Gasteiger partial charge in [-0.25, -0.2) is 0 Å². The molecular formula is C18H21Cl2NO4. The molecule has 0 spiro atoms. The minimum absolute atomic E-state index is 0.0363. The molecule has 1 N–H and O–H groups in total. The Bertz CT molecular complexity index is 640. The summed E-state index contributed by atoms with van der Waals surface area (Å²) in [6, 6.07) is 5.43. The number of carboxylic acids is 1. The topological polar surface area (TPSA) is 66.8 Å². The summed E-state index contributed by atoms with van der Waals surface area (Å²) >= 11 is 12.1. The number of aliphatic carboxylic acids is 1. The number of carbonyl (C=O) groups excluding carboxylic acids is 1. The molecule has 1 aromatic carbocycles. The first-order valence-corrected chi connectivity index (χ1v) is 9.27. The summed E-state index contributed by atoms with van der Waals surface area (Å²) in [4.78, 5) is 25.7. The molecule has 136 valence electrons. The van der Waals surface area contributed by atoms with Crippen LogP contribution in [0.5, 0.6) is 0 Å². The van der Waals surface area contributed by atoms with Crippen LogP contribution in [0.4, 0.5) is 0 Å². The fraction of sp³-hybridized carbons (Fsp3) is 0.556. The first kappa shape index (κ1) is 18.5. The van der Waals surface area contributed by atoms with Crippen LogP contribution < -0.4 is 0 Å². The second-order valence-corrected chi connectivity index (χ2v) is 7.54. The second kappa shape index (κ2) is 7.94. The van der Waals surface area contributed by atoms with E-state index in [1.807, 2.05) is 12.1 Å². The molecule has 25 heavy (non-hydrogen) atoms. The Balaban J connectivity index is 1.70. The number of carboxylic acid groups (broad SMARTS) is 1. The zero-order chi connectivity index (χ0) is 18.0. The molecule has 1 saturated heterocycles. The van der Waals surface area contributed by atoms with Crippen molar-refractivity contribution in [1.82, 2.24) is 4.90 Å². The molecule has 1 aliphatic carbocycles. The zero-order valence-electron chi connectivity index (χ0n) is 13.8. The lowest BCUT2D eigenvalue weighted by atomic mass is 10.0. The molecule has 1 heterocycles. The number of ether oxygens (including phenoxy) is 1. The van der Waals surface area contributed by atoms with Gasteiger partial charge in [-0.05, 0) is 48.9 Å². The van der Waals surface area contributed by atoms with Gasteiger partial charge >= 0.3 is 5.97 Å². The fourth-order valence-corrected chi connectivity index (χ4v) is 4.07. The van der Waals surface area contributed by atoms with E-state index in [4.69, 9.17) is 33.0 Å². The molecule has 0 radical (unpaired) electrons. The normalized spacial score (nSPS) is 23.3. The largest absolute Gasteiger partial charge is 0.481 e. The third kappa shape index (κ3) is 4.66. The second-order valence-electron chi connectivity index (χ2n) is 6.67. The first-order valence-electron chi connectivity index (χ1n) is 8.51. The number of carbonyl (C=O) groups is 2. The van der Waals surface area contributed by atoms with Crippen molar-refractivity contribution in [3.63, 3.8) is 0 Å². The zero-order valence-corrected chi connectivity index (χ0v) is 15.3. The predicted molar refractivity (Wildman–Crippen MR) is 95.1 cm³/mol. The molecule has 1 amide bonds. The van der Waals surface area contributed by atoms with Gasteiger partial charge in [0.1, 0.15) is 0 Å². The number of amides is 1. The third-order valence-electron chi connectivity index (χ3n) is 4.90. The smallest absolute Gasteiger partial charge is 0.305 e. The summed E-state index contributed by atoms with van der Waals surface area (Å²) in [5.41, 5.74) is 0.973. The highest BCUT2D eigenvalue weighted by Gasteiger charge is 2.47. The standard InChI is InChI=1S/C18H21Cl2NO4/c19-12-7-11(8-13(20)9-12)15-10-16(15)18(24)21(4-1-17(22)23)14-2-5-25-6-3-14/h7-9,14-16H,1-6,10H2,(H,22,23)/t15-,16-/m1/s1. The van der Waals surface area contributed by atoms with Crippen molar-refractivity contribution in [2.45, 2.75) is 37.6 Å². The van der Waals surface area contributed by atoms with Crippen LogP contribution in [0, 0.1) is 5.92 Å². The van der Waals surface area contributed by atoms with Crippen LogP contribution in [-0.2, 0) is 14.3 Å². The lowest BCUT2D eigenvalue weighted by Gasteiger charge is -2.34. The fourth-order valence-electron chi connectivity index (χ4n) is 3.52. The third-order valence-corrected chi connectivity index (χ3v) is 5.34. The molecule has 0 aromatic heterocycles. The number of halogens is 2. The van der Waals surface area contributed by atoms with Gasteiger partial charge in [0, 0.05) is 41.8 Å². The maximum Gasteiger partial charge on any atom is 0.305 e. The maximum absolute atomic E-state index is 13.0. The minimum Gasteiger partial charge on any atom is -0.481 e. The monoisotopic (exact) mass is 385 g/mol. The SMILES string of the molecule is O=C(O)CCN(C(=O)[C@@H]1C[C@@H]1c1cc(Cl)cc(Cl)c1)C1CCOCC1. The number of nitrogens with zero attached hydrogens (tertiary/aromatic N) is 1. The summed E-state index contributed by atoms with van der Waals surface area (Å²) in [7, 11) is 0. The number of hydrogen-bond acceptors (Lipinski definition) is 3. The Morgan fingerprint density at radius 3 is 2.40 bits per heavy atom. The van der Waals surface area contributed by atoms with Crippen molar-refractivity contribution in [3.05, 3.63) is 33.8 Å². The van der Waals surface area contributed by atoms with Crippen molar-refractivity contribution in [2.24, 2.45) is 5.92 Å². The van der Waals surface area contributed by atoms with Gasteiger partial charge in [0.15, 0.2) is 0 Å². The van der Waals surface area contributed by atoms with Gasteiger partial charge in [-0.3, -0.25) is 9.59 Å². The van der Waals surface area contributed by atoms with Crippen LogP contribution in [0.25, 0.3) is 0 Å². The maximum atomic E-state index is 13.0. The first-order chi connectivity index (χ1) is 12.0. The van der Waals surface area contributed by atoms with Gasteiger partial charge < -0.3 is 14.7 Å². The van der Waals surface area contributed by atoms with Gasteiger partial charge in [-0.1, -0.05) is 23.2 Å². The van der Waals surface area contributed by atoms with Gasteiger partial charge in [0.05, 0.1) is 6.42 Å². The Morgan fingerprint density at radius 2 is 1.80 bits per heavy atom. The summed E-state index contributed by atoms with van der Waals surface area (Å²) in [6.45, 7) is 1.47. The van der Waals surface area contributed by atoms with E-state index >= 15 is 0 Å². The van der Waals surface area contributed by atoms with Crippen molar-refractivity contribution in [1.29, 1.82) is 0 Å². The molecule has 2 aliphatic rings. The molecule has 0 unspecified atom stereocenters. The van der Waals surface area contributed by atoms with Crippen LogP contribution in [0.15, 0.2) is 18.2 Å². The molecule has 2 fully saturated rings. The quantitative estimate of drug-likeness (QED) is 0.812. The summed E-state index contributed by atoms with van der Waals surface area (Å²) in [5.74, 6) is -0.866. The average molecular weight is 386 g/mol. The molecule has 5 nitrogen and oxygen atoms in total. The molecular weight excluding hydrogens is 365 g/mol. The van der Waals surface area contributed by atoms with E-state index in [9.17, 15) is 9.59 Å². The van der Waals surface area contributed by atoms with Crippen LogP contribution in [0.3, 0.4) is 0 Å². The highest BCUT2D eigenvalue weighted by molar-refractivity contribution is 6.34. The van der Waals surface area contributed by atoms with E-state index < -0.39 is 5.97 Å². The highest BCUT2D eigenvalue weighted by atomic mass is 35.5. The van der Waals surface area contributed by atoms with Gasteiger partial charge in [0.2, 0.25) is 5.91 Å². The van der Waals surface area contributed by atoms with Crippen LogP contribution >= 0.6 is 23.2 Å². The molecule has 1 aromatic rings. The Kier molecular flexibility index (Phi) is 5.87. The molecule has 3 rings (SSSR count). The van der Waals surface area contributed by atoms with Crippen LogP contribution in [-0.4, -0.2) is 47.7 Å². The van der Waals surface area contributed by atoms with Crippen molar-refractivity contribution < 1.29 is 19.4 Å². The van der Waals surface area contributed by atoms with Crippen molar-refractivity contribution >= 4 is 35.1 Å². The predicted octanol–water partition coefficient (Wildman–Crippen LogP) is 3.58. The van der Waals surface area contributed by atoms with Gasteiger partial charge in [-0.2, -0.15) is 0 Å². The Labute approximate surface area is 156 Å². The van der Waals surface area contributed by atoms with E-state index in [1.165, 1.54) is 0 Å². The number of benzene rings is 1. The average Bonchev–Trinajstić information content (AvgIpc) is 3.35. The van der Waals surface area contributed by atoms with Crippen molar-refractivity contribution in [2.75, 3.05) is 19.8 Å². The van der Waals surface area contributed by atoms with E-state index in [0.717, 1.165) is 24.8 Å². The summed E-state index contributed by atoms with van der Waals surface area (Å²) < 4.78 is 5.36. The molecule has 7 heteroatoms. The Hall–Kier alpha value is -1.30. The number of rotatable bonds is 6. The lowest BCUT2D eigenvalue weighted by Crippen LogP contribution is -2.45. The van der Waals surface area contributed by atoms with Gasteiger partial charge in [-0.15, -0.1) is 0 Å². The lowest BCUT2D eigenvalue weighted by molar-refractivity contribution is -0.141. The summed E-state index contributed by atoms with van der Waals surface area (Å²) in [5, 5.41) is 10.1. The highest BCUT2D eigenvalue weighted by Crippen LogP contribution is 2.49. The van der Waals surface area contributed by atoms with Gasteiger partial charge in [0.25, 0.3) is 0 Å². The molecule has 1 saturated carbocycles. The summed E-state index contributed by atoms with van der Waals surface area (Å²) in [6.07, 6.45) is 2.23. The molecule has 0 bridgehead atoms. The minimum atomic E-state index is -0.890. The van der Waals surface area contributed by atoms with E-state index in [0.29, 0.717) is 23.3 Å². The molecule has 2 atom stereocenters. The number of hydrogen-bond donors (Lipinski definition) is 1. The van der Waals surface area contributed by atoms with E-state index in [-0.39, 0.29) is 36.8 Å². The van der Waals surface area contributed by atoms with Crippen LogP contribution in [0.2, 0.25) is 10.0 Å². The van der Waals surface area contributed by atoms with Crippen molar-refractivity contribution in [3.8, 4) is 0 Å². The van der Waals surface area contributed by atoms with Crippen LogP contribution in [0.1, 0.15) is 37.2 Å².